The molecule has 1 aromatic carbocycles. The minimum atomic E-state index is -0.593. The molecule has 0 aromatic heterocycles. The van der Waals surface area contributed by atoms with Crippen LogP contribution >= 0.6 is 0 Å². The van der Waals surface area contributed by atoms with E-state index in [0.717, 1.165) is 5.56 Å². The molecule has 0 saturated carbocycles. The van der Waals surface area contributed by atoms with Crippen LogP contribution in [0.25, 0.3) is 0 Å². The average Bonchev–Trinajstić information content (AvgIpc) is 2.93. The summed E-state index contributed by atoms with van der Waals surface area (Å²) < 4.78 is 5.26. The van der Waals surface area contributed by atoms with Gasteiger partial charge in [0.25, 0.3) is 0 Å². The van der Waals surface area contributed by atoms with E-state index >= 15 is 0 Å². The van der Waals surface area contributed by atoms with Crippen molar-refractivity contribution in [3.63, 3.8) is 0 Å². The SMILES string of the molecule is CC(=O)c1ccc(C(=O)CC2CON(C(=O)OC(C)(C)C)C2)c(C)c1. The molecule has 2 rings (SSSR count). The van der Waals surface area contributed by atoms with Crippen LogP contribution in [0.4, 0.5) is 4.79 Å². The van der Waals surface area contributed by atoms with Crippen molar-refractivity contribution in [1.82, 2.24) is 5.06 Å². The van der Waals surface area contributed by atoms with Crippen LogP contribution in [-0.4, -0.2) is 41.5 Å². The number of rotatable bonds is 4. The van der Waals surface area contributed by atoms with Gasteiger partial charge in [-0.15, -0.1) is 0 Å². The Bertz CT molecular complexity index is 690. The van der Waals surface area contributed by atoms with Gasteiger partial charge in [-0.1, -0.05) is 12.1 Å². The van der Waals surface area contributed by atoms with Gasteiger partial charge >= 0.3 is 6.09 Å². The summed E-state index contributed by atoms with van der Waals surface area (Å²) in [5.41, 5.74) is 1.37. The number of aryl methyl sites for hydroxylation is 1. The summed E-state index contributed by atoms with van der Waals surface area (Å²) in [7, 11) is 0. The quantitative estimate of drug-likeness (QED) is 0.779. The first kappa shape index (κ1) is 19.1. The van der Waals surface area contributed by atoms with E-state index in [1.54, 1.807) is 39.0 Å². The highest BCUT2D eigenvalue weighted by Crippen LogP contribution is 2.22. The van der Waals surface area contributed by atoms with E-state index < -0.39 is 11.7 Å². The summed E-state index contributed by atoms with van der Waals surface area (Å²) in [5.74, 6) is -0.126. The molecular formula is C19H25NO5. The zero-order valence-electron chi connectivity index (χ0n) is 15.4. The number of hydrogen-bond acceptors (Lipinski definition) is 5. The van der Waals surface area contributed by atoms with Crippen LogP contribution < -0.4 is 0 Å². The van der Waals surface area contributed by atoms with E-state index in [4.69, 9.17) is 9.57 Å². The van der Waals surface area contributed by atoms with Crippen LogP contribution in [-0.2, 0) is 9.57 Å². The van der Waals surface area contributed by atoms with Gasteiger partial charge in [0.05, 0.1) is 13.2 Å². The number of hydroxylamine groups is 2. The second-order valence-electron chi connectivity index (χ2n) is 7.42. The molecule has 0 spiro atoms. The van der Waals surface area contributed by atoms with E-state index in [-0.39, 0.29) is 23.9 Å². The molecular weight excluding hydrogens is 322 g/mol. The van der Waals surface area contributed by atoms with Crippen molar-refractivity contribution in [3.8, 4) is 0 Å². The molecule has 1 heterocycles. The van der Waals surface area contributed by atoms with Crippen LogP contribution in [0, 0.1) is 12.8 Å². The van der Waals surface area contributed by atoms with E-state index in [1.807, 2.05) is 6.92 Å². The smallest absolute Gasteiger partial charge is 0.434 e. The summed E-state index contributed by atoms with van der Waals surface area (Å²) in [6.07, 6.45) is -0.260. The number of carbonyl (C=O) groups excluding carboxylic acids is 3. The summed E-state index contributed by atoms with van der Waals surface area (Å²) in [6.45, 7) is 9.30. The van der Waals surface area contributed by atoms with Crippen LogP contribution in [0.1, 0.15) is 60.4 Å². The molecule has 1 aromatic rings. The maximum atomic E-state index is 12.5. The first-order chi connectivity index (χ1) is 11.6. The van der Waals surface area contributed by atoms with E-state index in [9.17, 15) is 14.4 Å². The van der Waals surface area contributed by atoms with Crippen molar-refractivity contribution in [2.45, 2.75) is 46.6 Å². The van der Waals surface area contributed by atoms with Crippen LogP contribution in [0.3, 0.4) is 0 Å². The highest BCUT2D eigenvalue weighted by Gasteiger charge is 2.32. The number of ether oxygens (including phenoxy) is 1. The molecule has 0 radical (unpaired) electrons. The fourth-order valence-corrected chi connectivity index (χ4v) is 2.67. The zero-order chi connectivity index (χ0) is 18.8. The van der Waals surface area contributed by atoms with Gasteiger partial charge in [0, 0.05) is 23.5 Å². The number of amides is 1. The Morgan fingerprint density at radius 2 is 1.96 bits per heavy atom. The van der Waals surface area contributed by atoms with Gasteiger partial charge in [-0.25, -0.2) is 4.79 Å². The van der Waals surface area contributed by atoms with Gasteiger partial charge in [0.15, 0.2) is 11.6 Å². The predicted octanol–water partition coefficient (Wildman–Crippen LogP) is 3.57. The molecule has 1 fully saturated rings. The molecule has 0 N–H and O–H groups in total. The maximum Gasteiger partial charge on any atom is 0.434 e. The average molecular weight is 347 g/mol. The molecule has 136 valence electrons. The lowest BCUT2D eigenvalue weighted by atomic mass is 9.94. The third-order valence-electron chi connectivity index (χ3n) is 3.89. The Kier molecular flexibility index (Phi) is 5.62. The molecule has 1 saturated heterocycles. The Morgan fingerprint density at radius 1 is 1.28 bits per heavy atom. The predicted molar refractivity (Wildman–Crippen MR) is 92.5 cm³/mol. The second kappa shape index (κ2) is 7.35. The molecule has 1 aliphatic heterocycles. The molecule has 25 heavy (non-hydrogen) atoms. The number of ketones is 2. The summed E-state index contributed by atoms with van der Waals surface area (Å²) in [4.78, 5) is 41.3. The summed E-state index contributed by atoms with van der Waals surface area (Å²) in [5, 5.41) is 1.18. The van der Waals surface area contributed by atoms with E-state index in [1.165, 1.54) is 12.0 Å². The van der Waals surface area contributed by atoms with Gasteiger partial charge < -0.3 is 4.74 Å². The summed E-state index contributed by atoms with van der Waals surface area (Å²) >= 11 is 0. The van der Waals surface area contributed by atoms with E-state index in [2.05, 4.69) is 0 Å². The Morgan fingerprint density at radius 3 is 2.52 bits per heavy atom. The molecule has 1 atom stereocenters. The Balaban J connectivity index is 1.96. The fraction of sp³-hybridized carbons (Fsp3) is 0.526. The molecule has 0 aliphatic carbocycles. The second-order valence-corrected chi connectivity index (χ2v) is 7.42. The number of benzene rings is 1. The van der Waals surface area contributed by atoms with Gasteiger partial charge in [-0.05, 0) is 46.2 Å². The lowest BCUT2D eigenvalue weighted by Gasteiger charge is -2.23. The van der Waals surface area contributed by atoms with Crippen LogP contribution in [0.2, 0.25) is 0 Å². The molecule has 1 aliphatic rings. The van der Waals surface area contributed by atoms with Crippen LogP contribution in [0.15, 0.2) is 18.2 Å². The normalized spacial score (nSPS) is 17.5. The van der Waals surface area contributed by atoms with E-state index in [0.29, 0.717) is 24.3 Å². The van der Waals surface area contributed by atoms with Crippen molar-refractivity contribution in [2.75, 3.05) is 13.2 Å². The molecule has 1 amide bonds. The number of Topliss-reactive ketones (excluding diaryl/α,β-unsaturated/α-hetero) is 2. The van der Waals surface area contributed by atoms with Gasteiger partial charge in [0.2, 0.25) is 0 Å². The standard InChI is InChI=1S/C19H25NO5/c1-12-8-15(13(2)21)6-7-16(12)17(22)9-14-10-20(24-11-14)18(23)25-19(3,4)5/h6-8,14H,9-11H2,1-5H3. The fourth-order valence-electron chi connectivity index (χ4n) is 2.67. The first-order valence-corrected chi connectivity index (χ1v) is 8.35. The molecule has 0 bridgehead atoms. The number of carbonyl (C=O) groups is 3. The minimum absolute atomic E-state index is 0.0211. The first-order valence-electron chi connectivity index (χ1n) is 8.35. The third-order valence-corrected chi connectivity index (χ3v) is 3.89. The summed E-state index contributed by atoms with van der Waals surface area (Å²) in [6, 6.07) is 5.09. The molecule has 6 heteroatoms. The minimum Gasteiger partial charge on any atom is -0.442 e. The highest BCUT2D eigenvalue weighted by atomic mass is 16.7. The monoisotopic (exact) mass is 347 g/mol. The molecule has 1 unspecified atom stereocenters. The maximum absolute atomic E-state index is 12.5. The lowest BCUT2D eigenvalue weighted by Crippen LogP contribution is -2.34. The largest absolute Gasteiger partial charge is 0.442 e. The topological polar surface area (TPSA) is 72.9 Å². The van der Waals surface area contributed by atoms with Crippen molar-refractivity contribution >= 4 is 17.7 Å². The van der Waals surface area contributed by atoms with Gasteiger partial charge in [-0.3, -0.25) is 14.4 Å². The van der Waals surface area contributed by atoms with Crippen molar-refractivity contribution in [1.29, 1.82) is 0 Å². The zero-order valence-corrected chi connectivity index (χ0v) is 15.4. The van der Waals surface area contributed by atoms with Gasteiger partial charge in [0.1, 0.15) is 5.60 Å². The Labute approximate surface area is 148 Å². The van der Waals surface area contributed by atoms with Crippen molar-refractivity contribution in [3.05, 3.63) is 34.9 Å². The number of nitrogens with zero attached hydrogens (tertiary/aromatic N) is 1. The Hall–Kier alpha value is -2.21. The van der Waals surface area contributed by atoms with Crippen molar-refractivity contribution < 1.29 is 24.0 Å². The number of hydrogen-bond donors (Lipinski definition) is 0. The third kappa shape index (κ3) is 5.13. The van der Waals surface area contributed by atoms with Gasteiger partial charge in [-0.2, -0.15) is 5.06 Å². The highest BCUT2D eigenvalue weighted by molar-refractivity contribution is 6.00. The van der Waals surface area contributed by atoms with Crippen LogP contribution in [0.5, 0.6) is 0 Å². The van der Waals surface area contributed by atoms with Crippen molar-refractivity contribution in [2.24, 2.45) is 5.92 Å². The molecule has 6 nitrogen and oxygen atoms in total. The lowest BCUT2D eigenvalue weighted by molar-refractivity contribution is -0.107.